The van der Waals surface area contributed by atoms with Crippen molar-refractivity contribution < 1.29 is 31.8 Å². The van der Waals surface area contributed by atoms with Gasteiger partial charge in [-0.05, 0) is 73.9 Å². The van der Waals surface area contributed by atoms with E-state index in [4.69, 9.17) is 9.47 Å². The smallest absolute Gasteiger partial charge is 0.270 e. The molecule has 2 heterocycles. The highest BCUT2D eigenvalue weighted by Crippen LogP contribution is 2.40. The van der Waals surface area contributed by atoms with Crippen molar-refractivity contribution in [3.8, 4) is 5.75 Å². The van der Waals surface area contributed by atoms with Gasteiger partial charge in [-0.1, -0.05) is 13.0 Å². The Kier molecular flexibility index (Phi) is 7.68. The number of nitrogens with zero attached hydrogens (tertiary/aromatic N) is 1. The zero-order valence-electron chi connectivity index (χ0n) is 20.2. The maximum atomic E-state index is 13.9. The summed E-state index contributed by atoms with van der Waals surface area (Å²) in [6.07, 6.45) is 3.47. The first-order valence-corrected chi connectivity index (χ1v) is 13.6. The molecule has 2 aromatic carbocycles. The van der Waals surface area contributed by atoms with Crippen LogP contribution in [0.2, 0.25) is 0 Å². The lowest BCUT2D eigenvalue weighted by atomic mass is 9.94. The Morgan fingerprint density at radius 1 is 1.14 bits per heavy atom. The third kappa shape index (κ3) is 5.47. The van der Waals surface area contributed by atoms with Crippen molar-refractivity contribution in [2.75, 3.05) is 24.1 Å². The molecule has 6 nitrogen and oxygen atoms in total. The highest BCUT2D eigenvalue weighted by Gasteiger charge is 2.37. The van der Waals surface area contributed by atoms with Crippen LogP contribution in [0, 0.1) is 5.92 Å². The zero-order valence-corrected chi connectivity index (χ0v) is 21.0. The van der Waals surface area contributed by atoms with Gasteiger partial charge < -0.3 is 14.6 Å². The third-order valence-electron chi connectivity index (χ3n) is 6.95. The van der Waals surface area contributed by atoms with Gasteiger partial charge in [-0.3, -0.25) is 4.31 Å². The monoisotopic (exact) mass is 509 g/mol. The van der Waals surface area contributed by atoms with Gasteiger partial charge in [0.2, 0.25) is 0 Å². The summed E-state index contributed by atoms with van der Waals surface area (Å²) in [5, 5.41) is 9.94. The van der Waals surface area contributed by atoms with Crippen LogP contribution in [-0.4, -0.2) is 39.4 Å². The lowest BCUT2D eigenvalue weighted by Crippen LogP contribution is -2.43. The van der Waals surface area contributed by atoms with Crippen LogP contribution in [0.5, 0.6) is 5.75 Å². The van der Waals surface area contributed by atoms with Gasteiger partial charge in [0.15, 0.2) is 0 Å². The van der Waals surface area contributed by atoms with Gasteiger partial charge in [0.05, 0.1) is 23.8 Å². The normalized spacial score (nSPS) is 19.5. The number of halogens is 2. The van der Waals surface area contributed by atoms with Crippen molar-refractivity contribution in [2.45, 2.75) is 69.4 Å². The van der Waals surface area contributed by atoms with Crippen molar-refractivity contribution in [3.63, 3.8) is 0 Å². The number of ether oxygens (including phenoxy) is 2. The van der Waals surface area contributed by atoms with E-state index in [2.05, 4.69) is 0 Å². The molecule has 0 aromatic heterocycles. The molecule has 4 rings (SSSR count). The zero-order chi connectivity index (χ0) is 25.2. The number of aliphatic hydroxyl groups is 1. The van der Waals surface area contributed by atoms with Crippen LogP contribution < -0.4 is 9.04 Å². The molecule has 2 aliphatic heterocycles. The van der Waals surface area contributed by atoms with Crippen LogP contribution in [0.15, 0.2) is 41.3 Å². The van der Waals surface area contributed by atoms with Crippen LogP contribution in [0.4, 0.5) is 14.5 Å². The number of hydrogen-bond donors (Lipinski definition) is 1. The van der Waals surface area contributed by atoms with Gasteiger partial charge in [-0.15, -0.1) is 0 Å². The first-order chi connectivity index (χ1) is 16.6. The summed E-state index contributed by atoms with van der Waals surface area (Å²) in [5.74, 6) is -2.19. The molecule has 9 heteroatoms. The second-order valence-electron chi connectivity index (χ2n) is 9.43. The fraction of sp³-hybridized carbons (Fsp3) is 0.538. The summed E-state index contributed by atoms with van der Waals surface area (Å²) < 4.78 is 68.1. The van der Waals surface area contributed by atoms with Gasteiger partial charge in [0.25, 0.3) is 15.9 Å². The molecule has 0 aliphatic carbocycles. The van der Waals surface area contributed by atoms with Crippen LogP contribution in [-0.2, 0) is 33.7 Å². The number of anilines is 1. The van der Waals surface area contributed by atoms with Gasteiger partial charge in [0.1, 0.15) is 5.75 Å². The molecule has 0 amide bonds. The molecule has 2 aliphatic rings. The summed E-state index contributed by atoms with van der Waals surface area (Å²) in [6, 6.07) is 8.43. The van der Waals surface area contributed by atoms with E-state index in [0.717, 1.165) is 19.8 Å². The maximum Gasteiger partial charge on any atom is 0.270 e. The molecule has 1 N–H and O–H groups in total. The molecule has 1 saturated heterocycles. The lowest BCUT2D eigenvalue weighted by Gasteiger charge is -2.38. The van der Waals surface area contributed by atoms with Gasteiger partial charge in [-0.2, -0.15) is 0 Å². The first-order valence-electron chi connectivity index (χ1n) is 12.1. The summed E-state index contributed by atoms with van der Waals surface area (Å²) >= 11 is 0. The molecule has 1 fully saturated rings. The Morgan fingerprint density at radius 3 is 2.54 bits per heavy atom. The third-order valence-corrected chi connectivity index (χ3v) is 8.81. The largest absolute Gasteiger partial charge is 0.493 e. The van der Waals surface area contributed by atoms with Crippen LogP contribution in [0.25, 0.3) is 0 Å². The van der Waals surface area contributed by atoms with Crippen LogP contribution >= 0.6 is 0 Å². The molecule has 1 unspecified atom stereocenters. The highest BCUT2D eigenvalue weighted by atomic mass is 32.2. The maximum absolute atomic E-state index is 13.9. The van der Waals surface area contributed by atoms with Crippen molar-refractivity contribution in [2.24, 2.45) is 5.92 Å². The van der Waals surface area contributed by atoms with Crippen LogP contribution in [0.3, 0.4) is 0 Å². The Hall–Kier alpha value is -2.23. The lowest BCUT2D eigenvalue weighted by molar-refractivity contribution is 0.0174. The Labute approximate surface area is 205 Å². The van der Waals surface area contributed by atoms with E-state index in [-0.39, 0.29) is 23.1 Å². The van der Waals surface area contributed by atoms with Crippen molar-refractivity contribution in [1.29, 1.82) is 0 Å². The second-order valence-corrected chi connectivity index (χ2v) is 11.2. The summed E-state index contributed by atoms with van der Waals surface area (Å²) in [6.45, 7) is 4.26. The molecular formula is C26H33F2NO5S. The molecule has 192 valence electrons. The average molecular weight is 510 g/mol. The molecule has 0 radical (unpaired) electrons. The Balaban J connectivity index is 1.65. The number of sulfonamides is 1. The Bertz CT molecular complexity index is 1140. The van der Waals surface area contributed by atoms with Crippen molar-refractivity contribution in [1.82, 2.24) is 0 Å². The number of benzene rings is 2. The van der Waals surface area contributed by atoms with Crippen LogP contribution in [0.1, 0.15) is 56.2 Å². The molecule has 2 aromatic rings. The number of aliphatic hydroxyl groups excluding tert-OH is 1. The van der Waals surface area contributed by atoms with E-state index >= 15 is 0 Å². The van der Waals surface area contributed by atoms with Crippen molar-refractivity contribution >= 4 is 15.7 Å². The summed E-state index contributed by atoms with van der Waals surface area (Å²) in [4.78, 5) is 0.0381. The summed E-state index contributed by atoms with van der Waals surface area (Å²) in [7, 11) is -4.01. The predicted molar refractivity (Wildman–Crippen MR) is 129 cm³/mol. The molecular weight excluding hydrogens is 476 g/mol. The van der Waals surface area contributed by atoms with E-state index in [1.54, 1.807) is 6.07 Å². The Morgan fingerprint density at radius 2 is 1.89 bits per heavy atom. The molecule has 1 atom stereocenters. The number of hydrogen-bond acceptors (Lipinski definition) is 5. The number of rotatable bonds is 8. The minimum absolute atomic E-state index is 0.0381. The van der Waals surface area contributed by atoms with E-state index < -0.39 is 15.9 Å². The highest BCUT2D eigenvalue weighted by molar-refractivity contribution is 7.92. The standard InChI is InChI=1S/C26H33F2NO5S/c1-3-22-6-4-19-14-21(26(2,27)28)5-8-24(19)29(22)35(31,32)23-7-9-25(20(15-23)16-30)34-17-18-10-12-33-13-11-18/h5,7-9,14-15,18,22,30H,3-4,6,10-13,16-17H2,1-2H3. The minimum Gasteiger partial charge on any atom is -0.493 e. The predicted octanol–water partition coefficient (Wildman–Crippen LogP) is 5.02. The van der Waals surface area contributed by atoms with E-state index in [0.29, 0.717) is 67.6 Å². The fourth-order valence-electron chi connectivity index (χ4n) is 4.82. The second kappa shape index (κ2) is 10.4. The average Bonchev–Trinajstić information content (AvgIpc) is 2.86. The molecule has 0 spiro atoms. The van der Waals surface area contributed by atoms with Gasteiger partial charge >= 0.3 is 0 Å². The van der Waals surface area contributed by atoms with E-state index in [1.165, 1.54) is 34.6 Å². The number of fused-ring (bicyclic) bond motifs is 1. The quantitative estimate of drug-likeness (QED) is 0.541. The molecule has 0 saturated carbocycles. The van der Waals surface area contributed by atoms with Crippen molar-refractivity contribution in [3.05, 3.63) is 53.1 Å². The number of aryl methyl sites for hydroxylation is 1. The topological polar surface area (TPSA) is 76.1 Å². The molecule has 0 bridgehead atoms. The first kappa shape index (κ1) is 25.9. The minimum atomic E-state index is -4.01. The molecule has 35 heavy (non-hydrogen) atoms. The van der Waals surface area contributed by atoms with E-state index in [1.807, 2.05) is 6.92 Å². The SMILES string of the molecule is CCC1CCc2cc(C(C)(F)F)ccc2N1S(=O)(=O)c1ccc(OCC2CCOCC2)c(CO)c1. The summed E-state index contributed by atoms with van der Waals surface area (Å²) in [5.41, 5.74) is 1.29. The van der Waals surface area contributed by atoms with Gasteiger partial charge in [-0.25, -0.2) is 17.2 Å². The fourth-order valence-corrected chi connectivity index (χ4v) is 6.66. The van der Waals surface area contributed by atoms with E-state index in [9.17, 15) is 22.3 Å². The van der Waals surface area contributed by atoms with Gasteiger partial charge in [0, 0.05) is 37.3 Å². The number of alkyl halides is 2.